The van der Waals surface area contributed by atoms with Gasteiger partial charge in [-0.25, -0.2) is 9.37 Å². The minimum Gasteiger partial charge on any atom is -0.423 e. The van der Waals surface area contributed by atoms with Crippen molar-refractivity contribution < 1.29 is 24.0 Å². The number of nitrogens with zero attached hydrogens (tertiary/aromatic N) is 5. The maximum absolute atomic E-state index is 14.5. The van der Waals surface area contributed by atoms with E-state index in [0.717, 1.165) is 17.1 Å². The molecule has 33 heavy (non-hydrogen) atoms. The minimum absolute atomic E-state index is 0.264. The maximum Gasteiger partial charge on any atom is 0.491 e. The molecule has 0 saturated carbocycles. The van der Waals surface area contributed by atoms with Crippen LogP contribution in [0.2, 0.25) is 0 Å². The molecule has 11 heteroatoms. The van der Waals surface area contributed by atoms with Crippen molar-refractivity contribution in [1.29, 1.82) is 0 Å². The van der Waals surface area contributed by atoms with Gasteiger partial charge in [-0.2, -0.15) is 4.98 Å². The first kappa shape index (κ1) is 21.4. The smallest absolute Gasteiger partial charge is 0.423 e. The van der Waals surface area contributed by atoms with Gasteiger partial charge in [0.25, 0.3) is 0 Å². The number of carbonyl (C=O) groups is 1. The molecule has 0 unspecified atom stereocenters. The molecule has 2 aliphatic heterocycles. The van der Waals surface area contributed by atoms with E-state index in [2.05, 4.69) is 9.88 Å². The summed E-state index contributed by atoms with van der Waals surface area (Å²) < 4.78 is 20.0. The number of halogens is 1. The van der Waals surface area contributed by atoms with Crippen molar-refractivity contribution >= 4 is 36.3 Å². The van der Waals surface area contributed by atoms with Crippen LogP contribution >= 0.6 is 0 Å². The maximum atomic E-state index is 14.5. The number of morpholine rings is 1. The molecule has 9 nitrogen and oxygen atoms in total. The Kier molecular flexibility index (Phi) is 5.75. The molecule has 1 fully saturated rings. The van der Waals surface area contributed by atoms with Crippen LogP contribution in [0.1, 0.15) is 15.9 Å². The van der Waals surface area contributed by atoms with Crippen LogP contribution < -0.4 is 15.3 Å². The van der Waals surface area contributed by atoms with Gasteiger partial charge in [0, 0.05) is 54.3 Å². The number of hydrogen-bond acceptors (Lipinski definition) is 9. The molecule has 1 saturated heterocycles. The molecule has 0 bridgehead atoms. The molecule has 0 amide bonds. The molecule has 0 spiro atoms. The van der Waals surface area contributed by atoms with Gasteiger partial charge in [0.1, 0.15) is 11.6 Å². The number of hydrogen-bond donors (Lipinski definition) is 2. The van der Waals surface area contributed by atoms with Crippen LogP contribution in [0.15, 0.2) is 36.7 Å². The fourth-order valence-corrected chi connectivity index (χ4v) is 4.24. The van der Waals surface area contributed by atoms with Crippen LogP contribution in [-0.4, -0.2) is 71.3 Å². The minimum atomic E-state index is -2.06. The van der Waals surface area contributed by atoms with E-state index in [1.807, 2.05) is 17.0 Å². The van der Waals surface area contributed by atoms with Crippen LogP contribution in [0.4, 0.5) is 21.8 Å². The molecule has 0 radical (unpaired) electrons. The first-order valence-electron chi connectivity index (χ1n) is 10.6. The SMILES string of the molecule is O=Cc1cc(-c2nc(N3CCOCC3)nc3c2CCN3c2ccncc2)cc(B(O)O)c1F. The van der Waals surface area contributed by atoms with Gasteiger partial charge in [-0.15, -0.1) is 0 Å². The van der Waals surface area contributed by atoms with Gasteiger partial charge in [-0.05, 0) is 24.6 Å². The van der Waals surface area contributed by atoms with Crippen molar-refractivity contribution in [2.24, 2.45) is 0 Å². The van der Waals surface area contributed by atoms with Gasteiger partial charge in [0.15, 0.2) is 6.29 Å². The summed E-state index contributed by atoms with van der Waals surface area (Å²) in [5.74, 6) is 0.258. The quantitative estimate of drug-likeness (QED) is 0.430. The predicted octanol–water partition coefficient (Wildman–Crippen LogP) is 0.701. The molecular formula is C22H21BFN5O4. The van der Waals surface area contributed by atoms with E-state index in [4.69, 9.17) is 14.7 Å². The Hall–Kier alpha value is -3.41. The Balaban J connectivity index is 1.70. The van der Waals surface area contributed by atoms with Crippen molar-refractivity contribution in [2.45, 2.75) is 6.42 Å². The van der Waals surface area contributed by atoms with Crippen LogP contribution in [0.3, 0.4) is 0 Å². The molecule has 2 aliphatic rings. The molecule has 0 atom stereocenters. The lowest BCUT2D eigenvalue weighted by Crippen LogP contribution is -2.37. The van der Waals surface area contributed by atoms with Crippen LogP contribution in [0.25, 0.3) is 11.3 Å². The molecule has 0 aliphatic carbocycles. The zero-order valence-electron chi connectivity index (χ0n) is 17.7. The Morgan fingerprint density at radius 2 is 1.85 bits per heavy atom. The third kappa shape index (κ3) is 3.95. The summed E-state index contributed by atoms with van der Waals surface area (Å²) >= 11 is 0. The topological polar surface area (TPSA) is 112 Å². The zero-order valence-corrected chi connectivity index (χ0v) is 17.7. The number of ether oxygens (including phenoxy) is 1. The molecular weight excluding hydrogens is 428 g/mol. The van der Waals surface area contributed by atoms with Crippen LogP contribution in [0, 0.1) is 5.82 Å². The van der Waals surface area contributed by atoms with Crippen molar-refractivity contribution in [3.05, 3.63) is 53.6 Å². The Morgan fingerprint density at radius 1 is 1.09 bits per heavy atom. The molecule has 5 rings (SSSR count). The highest BCUT2D eigenvalue weighted by Gasteiger charge is 2.30. The first-order chi connectivity index (χ1) is 16.1. The van der Waals surface area contributed by atoms with Gasteiger partial charge in [-0.1, -0.05) is 6.07 Å². The summed E-state index contributed by atoms with van der Waals surface area (Å²) in [7, 11) is -2.06. The molecule has 4 heterocycles. The van der Waals surface area contributed by atoms with Gasteiger partial charge in [-0.3, -0.25) is 9.78 Å². The van der Waals surface area contributed by atoms with Crippen molar-refractivity contribution in [3.8, 4) is 11.3 Å². The largest absolute Gasteiger partial charge is 0.491 e. The Morgan fingerprint density at radius 3 is 2.55 bits per heavy atom. The van der Waals surface area contributed by atoms with E-state index in [9.17, 15) is 19.2 Å². The third-order valence-electron chi connectivity index (χ3n) is 5.89. The molecule has 1 aromatic carbocycles. The molecule has 168 valence electrons. The van der Waals surface area contributed by atoms with Gasteiger partial charge in [0.2, 0.25) is 5.95 Å². The van der Waals surface area contributed by atoms with E-state index in [-0.39, 0.29) is 11.0 Å². The summed E-state index contributed by atoms with van der Waals surface area (Å²) in [4.78, 5) is 29.3. The second-order valence-corrected chi connectivity index (χ2v) is 7.84. The third-order valence-corrected chi connectivity index (χ3v) is 5.89. The van der Waals surface area contributed by atoms with Crippen molar-refractivity contribution in [3.63, 3.8) is 0 Å². The summed E-state index contributed by atoms with van der Waals surface area (Å²) in [6.45, 7) is 3.01. The van der Waals surface area contributed by atoms with E-state index < -0.39 is 12.9 Å². The van der Waals surface area contributed by atoms with E-state index in [1.54, 1.807) is 12.4 Å². The average molecular weight is 449 g/mol. The van der Waals surface area contributed by atoms with E-state index in [0.29, 0.717) is 62.8 Å². The van der Waals surface area contributed by atoms with Gasteiger partial charge < -0.3 is 24.6 Å². The molecule has 2 N–H and O–H groups in total. The fourth-order valence-electron chi connectivity index (χ4n) is 4.24. The lowest BCUT2D eigenvalue weighted by atomic mass is 9.77. The second kappa shape index (κ2) is 8.85. The predicted molar refractivity (Wildman–Crippen MR) is 121 cm³/mol. The number of anilines is 3. The molecule has 2 aromatic heterocycles. The van der Waals surface area contributed by atoms with Gasteiger partial charge >= 0.3 is 7.12 Å². The lowest BCUT2D eigenvalue weighted by Gasteiger charge is -2.28. The normalized spacial score (nSPS) is 15.5. The number of aldehydes is 1. The summed E-state index contributed by atoms with van der Waals surface area (Å²) in [5, 5.41) is 19.3. The number of rotatable bonds is 5. The van der Waals surface area contributed by atoms with E-state index >= 15 is 0 Å². The highest BCUT2D eigenvalue weighted by molar-refractivity contribution is 6.59. The van der Waals surface area contributed by atoms with Crippen molar-refractivity contribution in [1.82, 2.24) is 15.0 Å². The average Bonchev–Trinajstić information content (AvgIpc) is 3.28. The summed E-state index contributed by atoms with van der Waals surface area (Å²) in [6.07, 6.45) is 4.41. The lowest BCUT2D eigenvalue weighted by molar-refractivity contribution is 0.112. The van der Waals surface area contributed by atoms with Crippen molar-refractivity contribution in [2.75, 3.05) is 42.6 Å². The number of aromatic nitrogens is 3. The fraction of sp³-hybridized carbons (Fsp3) is 0.273. The van der Waals surface area contributed by atoms with Crippen LogP contribution in [-0.2, 0) is 11.2 Å². The number of fused-ring (bicyclic) bond motifs is 1. The highest BCUT2D eigenvalue weighted by Crippen LogP contribution is 2.39. The Bertz CT molecular complexity index is 1190. The first-order valence-corrected chi connectivity index (χ1v) is 10.6. The summed E-state index contributed by atoms with van der Waals surface area (Å²) in [5.41, 5.74) is 2.08. The standard InChI is InChI=1S/C22H21BFN5O4/c24-19-15(13-30)11-14(12-18(19)23(31)32)20-17-3-6-29(16-1-4-25-5-2-16)21(17)27-22(26-20)28-7-9-33-10-8-28/h1-2,4-5,11-13,31-32H,3,6-10H2. The highest BCUT2D eigenvalue weighted by atomic mass is 19.1. The number of benzene rings is 1. The van der Waals surface area contributed by atoms with Gasteiger partial charge in [0.05, 0.1) is 24.5 Å². The number of carbonyl (C=O) groups excluding carboxylic acids is 1. The number of pyridine rings is 1. The second-order valence-electron chi connectivity index (χ2n) is 7.84. The van der Waals surface area contributed by atoms with E-state index in [1.165, 1.54) is 12.1 Å². The Labute approximate surface area is 189 Å². The van der Waals surface area contributed by atoms with Crippen LogP contribution in [0.5, 0.6) is 0 Å². The summed E-state index contributed by atoms with van der Waals surface area (Å²) in [6, 6.07) is 6.50. The molecule has 3 aromatic rings. The zero-order chi connectivity index (χ0) is 22.9. The monoisotopic (exact) mass is 449 g/mol.